The van der Waals surface area contributed by atoms with Crippen molar-refractivity contribution < 1.29 is 24.6 Å². The Hall–Kier alpha value is -2.93. The van der Waals surface area contributed by atoms with Crippen molar-refractivity contribution in [3.8, 4) is 0 Å². The average molecular weight is 521 g/mol. The van der Waals surface area contributed by atoms with Crippen molar-refractivity contribution >= 4 is 17.6 Å². The van der Waals surface area contributed by atoms with Crippen LogP contribution in [0.4, 0.5) is 0 Å². The van der Waals surface area contributed by atoms with Crippen molar-refractivity contribution in [1.29, 1.82) is 0 Å². The Morgan fingerprint density at radius 2 is 1.84 bits per heavy atom. The molecule has 4 aliphatic carbocycles. The highest BCUT2D eigenvalue weighted by atomic mass is 16.6. The first-order valence-electron chi connectivity index (χ1n) is 13.9. The lowest BCUT2D eigenvalue weighted by atomic mass is 9.47. The van der Waals surface area contributed by atoms with Crippen LogP contribution in [0.3, 0.4) is 0 Å². The highest BCUT2D eigenvalue weighted by molar-refractivity contribution is 6.05. The van der Waals surface area contributed by atoms with Crippen LogP contribution in [-0.2, 0) is 20.8 Å². The number of allylic oxidation sites excluding steroid dienone is 4. The molecule has 0 aromatic heterocycles. The van der Waals surface area contributed by atoms with Crippen LogP contribution >= 0.6 is 0 Å². The van der Waals surface area contributed by atoms with Crippen LogP contribution in [0.2, 0.25) is 0 Å². The Morgan fingerprint density at radius 3 is 2.58 bits per heavy atom. The number of nitrogens with one attached hydrogen (secondary N) is 1. The van der Waals surface area contributed by atoms with Gasteiger partial charge < -0.3 is 20.4 Å². The number of carboxylic acids is 1. The van der Waals surface area contributed by atoms with Gasteiger partial charge in [-0.3, -0.25) is 4.79 Å². The largest absolute Gasteiger partial charge is 0.480 e. The molecule has 7 heteroatoms. The van der Waals surface area contributed by atoms with Gasteiger partial charge in [0.15, 0.2) is 6.61 Å². The number of hydrogen-bond acceptors (Lipinski definition) is 5. The summed E-state index contributed by atoms with van der Waals surface area (Å²) in [7, 11) is 0. The van der Waals surface area contributed by atoms with E-state index in [4.69, 9.17) is 4.84 Å². The maximum absolute atomic E-state index is 12.4. The first-order chi connectivity index (χ1) is 18.0. The van der Waals surface area contributed by atoms with Gasteiger partial charge in [-0.25, -0.2) is 4.79 Å². The zero-order chi connectivity index (χ0) is 27.1. The molecule has 3 fully saturated rings. The molecule has 204 valence electrons. The number of aliphatic carboxylic acids is 1. The molecule has 1 amide bonds. The van der Waals surface area contributed by atoms with Crippen LogP contribution in [0.5, 0.6) is 0 Å². The minimum absolute atomic E-state index is 0.00585. The number of hydrogen-bond donors (Lipinski definition) is 3. The van der Waals surface area contributed by atoms with Gasteiger partial charge in [0.25, 0.3) is 5.91 Å². The summed E-state index contributed by atoms with van der Waals surface area (Å²) in [5.41, 5.74) is 2.27. The van der Waals surface area contributed by atoms with Crippen molar-refractivity contribution in [2.24, 2.45) is 33.7 Å². The number of carbonyl (C=O) groups excluding carboxylic acids is 1. The lowest BCUT2D eigenvalue weighted by molar-refractivity contribution is -0.142. The quantitative estimate of drug-likeness (QED) is 0.453. The fourth-order valence-electron chi connectivity index (χ4n) is 7.96. The van der Waals surface area contributed by atoms with Gasteiger partial charge in [-0.2, -0.15) is 0 Å². The van der Waals surface area contributed by atoms with Crippen LogP contribution < -0.4 is 5.32 Å². The minimum atomic E-state index is -1.09. The molecule has 4 aliphatic rings. The number of amides is 1. The molecule has 1 aromatic carbocycles. The third-order valence-corrected chi connectivity index (χ3v) is 10.4. The standard InChI is InChI=1S/C31H40N2O5/c1-29-14-11-22(33-38-19-27(34)32-26(28(35)36)17-20-7-5-4-6-8-20)18-21(29)9-10-23-24(29)12-15-30(2)25(23)13-16-31(30,3)37/h4-8,11,14,18,23-26,37H,9-10,12-13,15-17,19H2,1-3H3,(H,32,34)(H,35,36)/b33-22-/t23-,24+,25-,26-,29+,30+,31+/m1/s1. The predicted octanol–water partition coefficient (Wildman–Crippen LogP) is 4.66. The number of nitrogens with zero attached hydrogens (tertiary/aromatic N) is 1. The SMILES string of the molecule is C[C@]12C=C/C(=N/OCC(=O)N[C@H](Cc3ccccc3)C(=O)O)C=C1CC[C@H]1[C@H]3CC[C@](C)(O)[C@@]3(C)CC[C@@H]12. The molecular formula is C31H40N2O5. The number of benzene rings is 1. The second-order valence-electron chi connectivity index (χ2n) is 12.4. The predicted molar refractivity (Wildman–Crippen MR) is 145 cm³/mol. The second kappa shape index (κ2) is 9.99. The first kappa shape index (κ1) is 26.7. The lowest BCUT2D eigenvalue weighted by Gasteiger charge is -2.58. The number of rotatable bonds is 7. The van der Waals surface area contributed by atoms with E-state index in [-0.39, 0.29) is 23.9 Å². The molecule has 0 bridgehead atoms. The van der Waals surface area contributed by atoms with Crippen LogP contribution in [0, 0.1) is 28.6 Å². The summed E-state index contributed by atoms with van der Waals surface area (Å²) in [6, 6.07) is 8.16. The van der Waals surface area contributed by atoms with Gasteiger partial charge in [0.05, 0.1) is 5.60 Å². The maximum atomic E-state index is 12.4. The number of oxime groups is 1. The van der Waals surface area contributed by atoms with E-state index in [9.17, 15) is 19.8 Å². The van der Waals surface area contributed by atoms with Gasteiger partial charge in [0.1, 0.15) is 11.8 Å². The van der Waals surface area contributed by atoms with E-state index >= 15 is 0 Å². The van der Waals surface area contributed by atoms with Crippen LogP contribution in [0.15, 0.2) is 59.3 Å². The number of carbonyl (C=O) groups is 2. The van der Waals surface area contributed by atoms with E-state index < -0.39 is 23.5 Å². The van der Waals surface area contributed by atoms with Crippen molar-refractivity contribution in [1.82, 2.24) is 5.32 Å². The van der Waals surface area contributed by atoms with Crippen molar-refractivity contribution in [3.05, 3.63) is 59.7 Å². The lowest BCUT2D eigenvalue weighted by Crippen LogP contribution is -2.53. The third-order valence-electron chi connectivity index (χ3n) is 10.4. The Kier molecular flexibility index (Phi) is 7.01. The van der Waals surface area contributed by atoms with Gasteiger partial charge >= 0.3 is 5.97 Å². The number of aliphatic hydroxyl groups is 1. The molecule has 7 nitrogen and oxygen atoms in total. The van der Waals surface area contributed by atoms with Gasteiger partial charge in [0.2, 0.25) is 0 Å². The molecule has 0 saturated heterocycles. The Morgan fingerprint density at radius 1 is 1.11 bits per heavy atom. The number of fused-ring (bicyclic) bond motifs is 5. The van der Waals surface area contributed by atoms with Gasteiger partial charge in [-0.05, 0) is 86.3 Å². The maximum Gasteiger partial charge on any atom is 0.326 e. The molecule has 5 rings (SSSR count). The second-order valence-corrected chi connectivity index (χ2v) is 12.4. The molecule has 0 aliphatic heterocycles. The molecule has 0 radical (unpaired) electrons. The monoisotopic (exact) mass is 520 g/mol. The fourth-order valence-corrected chi connectivity index (χ4v) is 7.96. The number of carboxylic acid groups (broad SMARTS) is 1. The summed E-state index contributed by atoms with van der Waals surface area (Å²) in [6.45, 7) is 6.34. The topological polar surface area (TPSA) is 108 Å². The fraction of sp³-hybridized carbons (Fsp3) is 0.581. The summed E-state index contributed by atoms with van der Waals surface area (Å²) in [5.74, 6) is 0.125. The molecule has 38 heavy (non-hydrogen) atoms. The molecule has 0 heterocycles. The van der Waals surface area contributed by atoms with Crippen molar-refractivity contribution in [3.63, 3.8) is 0 Å². The Labute approximate surface area is 225 Å². The molecular weight excluding hydrogens is 480 g/mol. The zero-order valence-electron chi connectivity index (χ0n) is 22.7. The molecule has 0 unspecified atom stereocenters. The summed E-state index contributed by atoms with van der Waals surface area (Å²) >= 11 is 0. The highest BCUT2D eigenvalue weighted by Gasteiger charge is 2.61. The van der Waals surface area contributed by atoms with E-state index in [2.05, 4.69) is 36.5 Å². The third kappa shape index (κ3) is 4.70. The summed E-state index contributed by atoms with van der Waals surface area (Å²) in [6.07, 6.45) is 12.8. The van der Waals surface area contributed by atoms with E-state index in [0.29, 0.717) is 23.5 Å². The van der Waals surface area contributed by atoms with E-state index in [1.807, 2.05) is 43.3 Å². The van der Waals surface area contributed by atoms with Crippen molar-refractivity contribution in [2.45, 2.75) is 77.4 Å². The van der Waals surface area contributed by atoms with Gasteiger partial charge in [0, 0.05) is 11.8 Å². The van der Waals surface area contributed by atoms with E-state index in [1.54, 1.807) is 0 Å². The Bertz CT molecular complexity index is 1170. The van der Waals surface area contributed by atoms with Crippen LogP contribution in [-0.4, -0.2) is 46.1 Å². The van der Waals surface area contributed by atoms with Crippen LogP contribution in [0.1, 0.15) is 64.9 Å². The summed E-state index contributed by atoms with van der Waals surface area (Å²) in [4.78, 5) is 29.3. The highest BCUT2D eigenvalue weighted by Crippen LogP contribution is 2.66. The van der Waals surface area contributed by atoms with Gasteiger partial charge in [-0.15, -0.1) is 0 Å². The Balaban J connectivity index is 1.19. The normalized spacial score (nSPS) is 37.4. The smallest absolute Gasteiger partial charge is 0.326 e. The zero-order valence-corrected chi connectivity index (χ0v) is 22.7. The molecule has 0 spiro atoms. The van der Waals surface area contributed by atoms with E-state index in [1.165, 1.54) is 5.57 Å². The molecule has 7 atom stereocenters. The van der Waals surface area contributed by atoms with Crippen molar-refractivity contribution in [2.75, 3.05) is 6.61 Å². The average Bonchev–Trinajstić information content (AvgIpc) is 3.13. The minimum Gasteiger partial charge on any atom is -0.480 e. The molecule has 3 saturated carbocycles. The molecule has 1 aromatic rings. The summed E-state index contributed by atoms with van der Waals surface area (Å²) < 4.78 is 0. The summed E-state index contributed by atoms with van der Waals surface area (Å²) in [5, 5.41) is 27.3. The first-order valence-corrected chi connectivity index (χ1v) is 13.9. The molecule has 3 N–H and O–H groups in total. The van der Waals surface area contributed by atoms with Crippen LogP contribution in [0.25, 0.3) is 0 Å². The van der Waals surface area contributed by atoms with Gasteiger partial charge in [-0.1, -0.05) is 61.0 Å². The van der Waals surface area contributed by atoms with E-state index in [0.717, 1.165) is 44.1 Å².